The van der Waals surface area contributed by atoms with Gasteiger partial charge in [0.2, 0.25) is 6.79 Å². The number of benzene rings is 3. The number of hydrogen-bond acceptors (Lipinski definition) is 7. The van der Waals surface area contributed by atoms with Gasteiger partial charge in [-0.2, -0.15) is 0 Å². The normalized spacial score (nSPS) is 19.0. The highest BCUT2D eigenvalue weighted by molar-refractivity contribution is 9.10. The number of aromatic hydroxyl groups is 1. The molecular weight excluding hydrogens is 500 g/mol. The molecule has 2 heterocycles. The minimum atomic E-state index is -0.401. The predicted molar refractivity (Wildman–Crippen MR) is 132 cm³/mol. The number of hydrogen-bond donors (Lipinski definition) is 2. The smallest absolute Gasteiger partial charge is 0.231 e. The maximum Gasteiger partial charge on any atom is 0.231 e. The van der Waals surface area contributed by atoms with Crippen molar-refractivity contribution in [1.82, 2.24) is 5.32 Å². The van der Waals surface area contributed by atoms with E-state index in [-0.39, 0.29) is 18.6 Å². The molecule has 0 saturated carbocycles. The molecule has 2 N–H and O–H groups in total. The molecule has 0 unspecified atom stereocenters. The summed E-state index contributed by atoms with van der Waals surface area (Å²) in [6, 6.07) is 17.0. The van der Waals surface area contributed by atoms with E-state index < -0.39 is 6.17 Å². The van der Waals surface area contributed by atoms with Crippen LogP contribution < -0.4 is 24.3 Å². The van der Waals surface area contributed by atoms with Crippen molar-refractivity contribution in [2.45, 2.75) is 25.6 Å². The summed E-state index contributed by atoms with van der Waals surface area (Å²) in [5.74, 6) is 2.75. The van der Waals surface area contributed by atoms with Crippen LogP contribution in [-0.2, 0) is 0 Å². The number of halogens is 1. The average molecular weight is 525 g/mol. The van der Waals surface area contributed by atoms with Crippen LogP contribution in [0.3, 0.4) is 0 Å². The Balaban J connectivity index is 1.59. The van der Waals surface area contributed by atoms with Crippen LogP contribution in [0.5, 0.6) is 28.7 Å². The van der Waals surface area contributed by atoms with Crippen LogP contribution >= 0.6 is 15.9 Å². The third-order valence-corrected chi connectivity index (χ3v) is 6.43. The lowest BCUT2D eigenvalue weighted by atomic mass is 9.93. The quantitative estimate of drug-likeness (QED) is 0.442. The summed E-state index contributed by atoms with van der Waals surface area (Å²) in [5, 5.41) is 14.6. The molecule has 0 aliphatic carbocycles. The monoisotopic (exact) mass is 524 g/mol. The SMILES string of the molecule is CCOc1cccc([C@H]2CC(c3ccc4c(c3)OCO4)=N[C@@H](c3cc(Br)ccc3OC)N2)c1O. The van der Waals surface area contributed by atoms with Gasteiger partial charge in [0.1, 0.15) is 11.9 Å². The van der Waals surface area contributed by atoms with E-state index in [4.69, 9.17) is 23.9 Å². The Kier molecular flexibility index (Phi) is 6.34. The fourth-order valence-corrected chi connectivity index (χ4v) is 4.71. The molecule has 3 aromatic rings. The topological polar surface area (TPSA) is 81.5 Å². The fourth-order valence-electron chi connectivity index (χ4n) is 4.33. The van der Waals surface area contributed by atoms with Crippen LogP contribution in [0.1, 0.15) is 42.2 Å². The lowest BCUT2D eigenvalue weighted by Crippen LogP contribution is -2.33. The molecule has 0 aromatic heterocycles. The molecule has 0 saturated heterocycles. The second-order valence-electron chi connectivity index (χ2n) is 7.98. The van der Waals surface area contributed by atoms with Crippen molar-refractivity contribution in [3.63, 3.8) is 0 Å². The standard InChI is InChI=1S/C26H25BrN2O5/c1-3-32-23-6-4-5-17(25(23)30)20-13-19(15-7-9-22-24(11-15)34-14-33-22)28-26(29-20)18-12-16(27)8-10-21(18)31-2/h4-12,20,26,29-30H,3,13-14H2,1-2H3/t20-,26-/m1/s1. The summed E-state index contributed by atoms with van der Waals surface area (Å²) >= 11 is 3.57. The minimum absolute atomic E-state index is 0.133. The molecule has 3 aromatic carbocycles. The molecule has 2 atom stereocenters. The molecule has 0 spiro atoms. The molecule has 0 fully saturated rings. The molecular formula is C26H25BrN2O5. The highest BCUT2D eigenvalue weighted by atomic mass is 79.9. The summed E-state index contributed by atoms with van der Waals surface area (Å²) < 4.78 is 23.3. The Morgan fingerprint density at radius 2 is 1.91 bits per heavy atom. The predicted octanol–water partition coefficient (Wildman–Crippen LogP) is 5.51. The number of phenolic OH excluding ortho intramolecular Hbond substituents is 1. The van der Waals surface area contributed by atoms with Crippen molar-refractivity contribution in [1.29, 1.82) is 0 Å². The first kappa shape index (κ1) is 22.6. The van der Waals surface area contributed by atoms with E-state index in [2.05, 4.69) is 21.2 Å². The van der Waals surface area contributed by atoms with Gasteiger partial charge >= 0.3 is 0 Å². The Morgan fingerprint density at radius 1 is 1.06 bits per heavy atom. The van der Waals surface area contributed by atoms with Gasteiger partial charge < -0.3 is 24.1 Å². The maximum atomic E-state index is 11.0. The van der Waals surface area contributed by atoms with Gasteiger partial charge in [-0.15, -0.1) is 0 Å². The zero-order valence-electron chi connectivity index (χ0n) is 18.9. The van der Waals surface area contributed by atoms with E-state index >= 15 is 0 Å². The number of nitrogens with one attached hydrogen (secondary N) is 1. The van der Waals surface area contributed by atoms with Gasteiger partial charge in [-0.3, -0.25) is 10.3 Å². The second kappa shape index (κ2) is 9.56. The third-order valence-electron chi connectivity index (χ3n) is 5.94. The largest absolute Gasteiger partial charge is 0.504 e. The lowest BCUT2D eigenvalue weighted by molar-refractivity contribution is 0.174. The molecule has 5 rings (SSSR count). The van der Waals surface area contributed by atoms with Crippen molar-refractivity contribution in [2.75, 3.05) is 20.5 Å². The third kappa shape index (κ3) is 4.31. The van der Waals surface area contributed by atoms with E-state index in [1.807, 2.05) is 55.5 Å². The van der Waals surface area contributed by atoms with Crippen LogP contribution in [0, 0.1) is 0 Å². The Morgan fingerprint density at radius 3 is 2.74 bits per heavy atom. The van der Waals surface area contributed by atoms with Gasteiger partial charge in [0, 0.05) is 33.8 Å². The number of nitrogens with zero attached hydrogens (tertiary/aromatic N) is 1. The molecule has 0 amide bonds. The summed E-state index contributed by atoms with van der Waals surface area (Å²) in [6.07, 6.45) is 0.164. The van der Waals surface area contributed by atoms with Gasteiger partial charge in [-0.05, 0) is 55.0 Å². The highest BCUT2D eigenvalue weighted by Crippen LogP contribution is 2.41. The van der Waals surface area contributed by atoms with Crippen LogP contribution in [-0.4, -0.2) is 31.3 Å². The van der Waals surface area contributed by atoms with Gasteiger partial charge in [-0.25, -0.2) is 0 Å². The Labute approximate surface area is 206 Å². The molecule has 0 bridgehead atoms. The van der Waals surface area contributed by atoms with E-state index in [1.54, 1.807) is 13.2 Å². The molecule has 7 nitrogen and oxygen atoms in total. The fraction of sp³-hybridized carbons (Fsp3) is 0.269. The number of ether oxygens (including phenoxy) is 4. The number of para-hydroxylation sites is 1. The summed E-state index contributed by atoms with van der Waals surface area (Å²) in [7, 11) is 1.65. The van der Waals surface area contributed by atoms with Crippen molar-refractivity contribution in [2.24, 2.45) is 4.99 Å². The first-order valence-electron chi connectivity index (χ1n) is 11.1. The molecule has 8 heteroatoms. The van der Waals surface area contributed by atoms with Crippen molar-refractivity contribution in [3.8, 4) is 28.7 Å². The summed E-state index contributed by atoms with van der Waals surface area (Å²) in [5.41, 5.74) is 3.46. The van der Waals surface area contributed by atoms with Crippen LogP contribution in [0.15, 0.2) is 64.1 Å². The summed E-state index contributed by atoms with van der Waals surface area (Å²) in [4.78, 5) is 5.06. The van der Waals surface area contributed by atoms with Crippen LogP contribution in [0.2, 0.25) is 0 Å². The minimum Gasteiger partial charge on any atom is -0.504 e. The van der Waals surface area contributed by atoms with E-state index in [9.17, 15) is 5.11 Å². The lowest BCUT2D eigenvalue weighted by Gasteiger charge is -2.32. The van der Waals surface area contributed by atoms with Crippen LogP contribution in [0.4, 0.5) is 0 Å². The van der Waals surface area contributed by atoms with Gasteiger partial charge in [0.15, 0.2) is 23.0 Å². The van der Waals surface area contributed by atoms with Crippen molar-refractivity contribution < 1.29 is 24.1 Å². The van der Waals surface area contributed by atoms with E-state index in [0.29, 0.717) is 24.5 Å². The molecule has 34 heavy (non-hydrogen) atoms. The van der Waals surface area contributed by atoms with Crippen LogP contribution in [0.25, 0.3) is 0 Å². The maximum absolute atomic E-state index is 11.0. The van der Waals surface area contributed by atoms with Gasteiger partial charge in [0.05, 0.1) is 13.7 Å². The first-order valence-corrected chi connectivity index (χ1v) is 11.9. The van der Waals surface area contributed by atoms with Gasteiger partial charge in [-0.1, -0.05) is 28.1 Å². The van der Waals surface area contributed by atoms with Crippen molar-refractivity contribution in [3.05, 3.63) is 75.8 Å². The van der Waals surface area contributed by atoms with Crippen molar-refractivity contribution >= 4 is 21.6 Å². The second-order valence-corrected chi connectivity index (χ2v) is 8.90. The first-order chi connectivity index (χ1) is 16.6. The zero-order valence-corrected chi connectivity index (χ0v) is 20.5. The van der Waals surface area contributed by atoms with E-state index in [0.717, 1.165) is 38.4 Å². The average Bonchev–Trinajstić information content (AvgIpc) is 3.33. The zero-order chi connectivity index (χ0) is 23.7. The number of phenols is 1. The van der Waals surface area contributed by atoms with Gasteiger partial charge in [0.25, 0.3) is 0 Å². The Bertz CT molecular complexity index is 1250. The molecule has 0 radical (unpaired) electrons. The molecule has 2 aliphatic heterocycles. The highest BCUT2D eigenvalue weighted by Gasteiger charge is 2.30. The summed E-state index contributed by atoms with van der Waals surface area (Å²) in [6.45, 7) is 2.58. The molecule has 2 aliphatic rings. The number of methoxy groups -OCH3 is 1. The number of aliphatic imine (C=N–C) groups is 1. The number of rotatable bonds is 6. The molecule has 176 valence electrons. The number of fused-ring (bicyclic) bond motifs is 1. The Hall–Kier alpha value is -3.23. The van der Waals surface area contributed by atoms with E-state index in [1.165, 1.54) is 0 Å².